The molecule has 1 fully saturated rings. The number of hydrogen-bond acceptors (Lipinski definition) is 1. The maximum atomic E-state index is 11.6. The molecule has 1 aromatic rings. The molecule has 0 N–H and O–H groups in total. The second-order valence-corrected chi connectivity index (χ2v) is 4.53. The normalized spacial score (nSPS) is 19.6. The number of likely N-dealkylation sites (tertiary alicyclic amines) is 1. The number of carbonyl (C=O) groups is 1. The fourth-order valence-electron chi connectivity index (χ4n) is 2.46. The van der Waals surface area contributed by atoms with Crippen LogP contribution in [-0.2, 0) is 11.8 Å². The van der Waals surface area contributed by atoms with E-state index >= 15 is 0 Å². The number of aromatic nitrogens is 1. The summed E-state index contributed by atoms with van der Waals surface area (Å²) in [5.74, 6) is 0.191. The number of hydrogen-bond donors (Lipinski definition) is 0. The second kappa shape index (κ2) is 6.15. The summed E-state index contributed by atoms with van der Waals surface area (Å²) >= 11 is 0. The van der Waals surface area contributed by atoms with Gasteiger partial charge in [-0.05, 0) is 25.3 Å². The molecule has 1 atom stereocenters. The Morgan fingerprint density at radius 2 is 2.24 bits per heavy atom. The Hall–Kier alpha value is -0.900. The van der Waals surface area contributed by atoms with Gasteiger partial charge in [0.2, 0.25) is 5.91 Å². The van der Waals surface area contributed by atoms with Crippen molar-refractivity contribution in [3.05, 3.63) is 30.1 Å². The van der Waals surface area contributed by atoms with Gasteiger partial charge in [-0.2, -0.15) is 0 Å². The van der Waals surface area contributed by atoms with Gasteiger partial charge in [-0.3, -0.25) is 4.79 Å². The van der Waals surface area contributed by atoms with Crippen molar-refractivity contribution in [2.24, 2.45) is 7.05 Å². The van der Waals surface area contributed by atoms with E-state index in [1.54, 1.807) is 6.92 Å². The van der Waals surface area contributed by atoms with Crippen LogP contribution in [0.4, 0.5) is 0 Å². The number of halogens is 1. The Morgan fingerprint density at radius 3 is 2.88 bits per heavy atom. The zero-order chi connectivity index (χ0) is 11.5. The molecule has 0 aliphatic carbocycles. The van der Waals surface area contributed by atoms with E-state index in [1.807, 2.05) is 28.8 Å². The van der Waals surface area contributed by atoms with E-state index in [-0.39, 0.29) is 28.9 Å². The maximum absolute atomic E-state index is 11.6. The highest BCUT2D eigenvalue weighted by atomic mass is 79.9. The SMILES string of the molecule is CC(=O)N1CCCCC1c1ccc[n+](C)c1.[Br-]. The molecule has 3 nitrogen and oxygen atoms in total. The molecule has 1 aliphatic heterocycles. The molecule has 94 valence electrons. The minimum absolute atomic E-state index is 0. The van der Waals surface area contributed by atoms with Crippen LogP contribution < -0.4 is 21.5 Å². The monoisotopic (exact) mass is 298 g/mol. The van der Waals surface area contributed by atoms with Gasteiger partial charge in [0.05, 0.1) is 6.04 Å². The summed E-state index contributed by atoms with van der Waals surface area (Å²) < 4.78 is 2.04. The van der Waals surface area contributed by atoms with E-state index < -0.39 is 0 Å². The van der Waals surface area contributed by atoms with Crippen molar-refractivity contribution in [3.63, 3.8) is 0 Å². The maximum Gasteiger partial charge on any atom is 0.219 e. The quantitative estimate of drug-likeness (QED) is 0.585. The fourth-order valence-corrected chi connectivity index (χ4v) is 2.46. The van der Waals surface area contributed by atoms with Gasteiger partial charge in [-0.15, -0.1) is 0 Å². The van der Waals surface area contributed by atoms with E-state index in [2.05, 4.69) is 12.3 Å². The van der Waals surface area contributed by atoms with Crippen molar-refractivity contribution in [1.29, 1.82) is 0 Å². The zero-order valence-electron chi connectivity index (χ0n) is 10.4. The predicted molar refractivity (Wildman–Crippen MR) is 61.6 cm³/mol. The molecule has 2 rings (SSSR count). The van der Waals surface area contributed by atoms with E-state index in [0.717, 1.165) is 19.4 Å². The molecule has 0 radical (unpaired) electrons. The van der Waals surface area contributed by atoms with Crippen molar-refractivity contribution in [1.82, 2.24) is 4.90 Å². The highest BCUT2D eigenvalue weighted by molar-refractivity contribution is 5.73. The second-order valence-electron chi connectivity index (χ2n) is 4.53. The topological polar surface area (TPSA) is 24.2 Å². The van der Waals surface area contributed by atoms with E-state index in [0.29, 0.717) is 0 Å². The molecule has 1 saturated heterocycles. The number of aryl methyl sites for hydroxylation is 1. The van der Waals surface area contributed by atoms with Crippen LogP contribution in [0.1, 0.15) is 37.8 Å². The minimum Gasteiger partial charge on any atom is -1.00 e. The number of piperidine rings is 1. The first-order valence-electron chi connectivity index (χ1n) is 5.91. The lowest BCUT2D eigenvalue weighted by Gasteiger charge is -2.34. The third-order valence-corrected chi connectivity index (χ3v) is 3.25. The molecule has 4 heteroatoms. The van der Waals surface area contributed by atoms with Gasteiger partial charge < -0.3 is 21.9 Å². The molecular formula is C13H19BrN2O. The number of carbonyl (C=O) groups excluding carboxylic acids is 1. The van der Waals surface area contributed by atoms with E-state index in [9.17, 15) is 4.79 Å². The molecule has 0 saturated carbocycles. The van der Waals surface area contributed by atoms with Crippen LogP contribution >= 0.6 is 0 Å². The van der Waals surface area contributed by atoms with Gasteiger partial charge in [-0.1, -0.05) is 0 Å². The lowest BCUT2D eigenvalue weighted by molar-refractivity contribution is -0.672. The number of nitrogens with zero attached hydrogens (tertiary/aromatic N) is 2. The summed E-state index contributed by atoms with van der Waals surface area (Å²) in [6, 6.07) is 4.44. The Labute approximate surface area is 113 Å². The molecule has 1 aliphatic rings. The summed E-state index contributed by atoms with van der Waals surface area (Å²) in [5, 5.41) is 0. The summed E-state index contributed by atoms with van der Waals surface area (Å²) in [6.45, 7) is 2.57. The fraction of sp³-hybridized carbons (Fsp3) is 0.538. The standard InChI is InChI=1S/C13H19N2O.BrH/c1-11(16)15-9-4-3-7-13(15)12-6-5-8-14(2)10-12;/h5-6,8,10,13H,3-4,7,9H2,1-2H3;1H/q+1;/p-1. The Bertz CT molecular complexity index is 395. The summed E-state index contributed by atoms with van der Waals surface area (Å²) in [4.78, 5) is 13.6. The summed E-state index contributed by atoms with van der Waals surface area (Å²) in [5.41, 5.74) is 1.25. The Balaban J connectivity index is 0.00000144. The third-order valence-electron chi connectivity index (χ3n) is 3.25. The first-order valence-corrected chi connectivity index (χ1v) is 5.91. The lowest BCUT2D eigenvalue weighted by Crippen LogP contribution is -3.00. The Kier molecular flexibility index (Phi) is 5.12. The van der Waals surface area contributed by atoms with Crippen LogP contribution in [0, 0.1) is 0 Å². The molecule has 1 aromatic heterocycles. The molecule has 1 amide bonds. The molecule has 0 spiro atoms. The van der Waals surface area contributed by atoms with Crippen LogP contribution in [0.2, 0.25) is 0 Å². The average Bonchev–Trinajstić information content (AvgIpc) is 2.29. The molecule has 0 bridgehead atoms. The summed E-state index contributed by atoms with van der Waals surface area (Å²) in [7, 11) is 2.02. The van der Waals surface area contributed by atoms with E-state index in [1.165, 1.54) is 12.0 Å². The average molecular weight is 299 g/mol. The first-order chi connectivity index (χ1) is 7.68. The predicted octanol–water partition coefficient (Wildman–Crippen LogP) is -1.41. The minimum atomic E-state index is 0. The molecule has 0 aromatic carbocycles. The number of pyridine rings is 1. The number of rotatable bonds is 1. The third kappa shape index (κ3) is 3.28. The van der Waals surface area contributed by atoms with Crippen molar-refractivity contribution < 1.29 is 26.3 Å². The lowest BCUT2D eigenvalue weighted by atomic mass is 9.96. The van der Waals surface area contributed by atoms with Crippen LogP contribution in [0.25, 0.3) is 0 Å². The van der Waals surface area contributed by atoms with E-state index in [4.69, 9.17) is 0 Å². The molecule has 17 heavy (non-hydrogen) atoms. The largest absolute Gasteiger partial charge is 1.00 e. The van der Waals surface area contributed by atoms with Gasteiger partial charge in [0.25, 0.3) is 0 Å². The van der Waals surface area contributed by atoms with Crippen LogP contribution in [0.15, 0.2) is 24.5 Å². The van der Waals surface area contributed by atoms with Crippen LogP contribution in [-0.4, -0.2) is 17.4 Å². The molecule has 2 heterocycles. The summed E-state index contributed by atoms with van der Waals surface area (Å²) in [6.07, 6.45) is 7.57. The van der Waals surface area contributed by atoms with Crippen LogP contribution in [0.3, 0.4) is 0 Å². The highest BCUT2D eigenvalue weighted by Gasteiger charge is 2.26. The number of amides is 1. The first kappa shape index (κ1) is 14.2. The molecular weight excluding hydrogens is 280 g/mol. The van der Waals surface area contributed by atoms with Gasteiger partial charge >= 0.3 is 0 Å². The molecule has 1 unspecified atom stereocenters. The Morgan fingerprint density at radius 1 is 1.47 bits per heavy atom. The van der Waals surface area contributed by atoms with Crippen LogP contribution in [0.5, 0.6) is 0 Å². The van der Waals surface area contributed by atoms with Gasteiger partial charge in [0.1, 0.15) is 7.05 Å². The van der Waals surface area contributed by atoms with Gasteiger partial charge in [0, 0.05) is 25.1 Å². The van der Waals surface area contributed by atoms with Crippen molar-refractivity contribution in [3.8, 4) is 0 Å². The highest BCUT2D eigenvalue weighted by Crippen LogP contribution is 2.29. The van der Waals surface area contributed by atoms with Gasteiger partial charge in [-0.25, -0.2) is 4.57 Å². The van der Waals surface area contributed by atoms with Crippen molar-refractivity contribution in [2.75, 3.05) is 6.54 Å². The van der Waals surface area contributed by atoms with Gasteiger partial charge in [0.15, 0.2) is 12.4 Å². The van der Waals surface area contributed by atoms with Crippen molar-refractivity contribution >= 4 is 5.91 Å². The smallest absolute Gasteiger partial charge is 0.219 e. The van der Waals surface area contributed by atoms with Crippen molar-refractivity contribution in [2.45, 2.75) is 32.2 Å². The zero-order valence-corrected chi connectivity index (χ0v) is 12.0.